The van der Waals surface area contributed by atoms with E-state index in [2.05, 4.69) is 41.6 Å². The molecular formula is C12H23N5. The van der Waals surface area contributed by atoms with Crippen molar-refractivity contribution in [3.63, 3.8) is 0 Å². The fourth-order valence-electron chi connectivity index (χ4n) is 2.60. The molecule has 1 aliphatic carbocycles. The van der Waals surface area contributed by atoms with Gasteiger partial charge >= 0.3 is 0 Å². The molecule has 1 saturated carbocycles. The van der Waals surface area contributed by atoms with Gasteiger partial charge in [-0.05, 0) is 48.1 Å². The molecule has 0 saturated heterocycles. The van der Waals surface area contributed by atoms with Crippen LogP contribution in [0.15, 0.2) is 0 Å². The van der Waals surface area contributed by atoms with Gasteiger partial charge in [0.05, 0.1) is 12.6 Å². The lowest BCUT2D eigenvalue weighted by molar-refractivity contribution is 0.342. The van der Waals surface area contributed by atoms with Gasteiger partial charge in [0.15, 0.2) is 5.82 Å². The first-order chi connectivity index (χ1) is 8.12. The summed E-state index contributed by atoms with van der Waals surface area (Å²) in [5.41, 5.74) is 0.435. The van der Waals surface area contributed by atoms with Crippen LogP contribution in [0.2, 0.25) is 0 Å². The molecule has 1 aromatic rings. The predicted molar refractivity (Wildman–Crippen MR) is 66.5 cm³/mol. The molecule has 1 heterocycles. The van der Waals surface area contributed by atoms with Gasteiger partial charge in [-0.25, -0.2) is 4.68 Å². The van der Waals surface area contributed by atoms with Gasteiger partial charge in [0.1, 0.15) is 0 Å². The van der Waals surface area contributed by atoms with Gasteiger partial charge in [0, 0.05) is 0 Å². The van der Waals surface area contributed by atoms with Crippen molar-refractivity contribution in [3.05, 3.63) is 5.82 Å². The number of hydrogen-bond acceptors (Lipinski definition) is 4. The maximum atomic E-state index is 4.16. The summed E-state index contributed by atoms with van der Waals surface area (Å²) in [5, 5.41) is 15.5. The Morgan fingerprint density at radius 2 is 2.29 bits per heavy atom. The van der Waals surface area contributed by atoms with Crippen LogP contribution in [-0.2, 0) is 6.54 Å². The average molecular weight is 237 g/mol. The maximum absolute atomic E-state index is 4.16. The zero-order valence-electron chi connectivity index (χ0n) is 11.1. The number of aromatic nitrogens is 4. The largest absolute Gasteiger partial charge is 0.310 e. The van der Waals surface area contributed by atoms with Gasteiger partial charge in [-0.3, -0.25) is 0 Å². The van der Waals surface area contributed by atoms with Crippen molar-refractivity contribution in [3.8, 4) is 0 Å². The summed E-state index contributed by atoms with van der Waals surface area (Å²) >= 11 is 0. The zero-order valence-corrected chi connectivity index (χ0v) is 11.1. The lowest BCUT2D eigenvalue weighted by atomic mass is 9.92. The Morgan fingerprint density at radius 1 is 1.47 bits per heavy atom. The Kier molecular flexibility index (Phi) is 3.76. The van der Waals surface area contributed by atoms with E-state index in [4.69, 9.17) is 0 Å². The highest BCUT2D eigenvalue weighted by Gasteiger charge is 2.33. The van der Waals surface area contributed by atoms with E-state index >= 15 is 0 Å². The van der Waals surface area contributed by atoms with Crippen LogP contribution in [0.5, 0.6) is 0 Å². The summed E-state index contributed by atoms with van der Waals surface area (Å²) in [7, 11) is 0. The highest BCUT2D eigenvalue weighted by atomic mass is 15.6. The number of tetrazole rings is 1. The van der Waals surface area contributed by atoms with Crippen LogP contribution in [0.25, 0.3) is 0 Å². The smallest absolute Gasteiger partial charge is 0.165 e. The predicted octanol–water partition coefficient (Wildman–Crippen LogP) is 1.92. The van der Waals surface area contributed by atoms with Crippen LogP contribution in [0, 0.1) is 5.41 Å². The summed E-state index contributed by atoms with van der Waals surface area (Å²) in [6.07, 6.45) is 4.77. The van der Waals surface area contributed by atoms with E-state index in [1.54, 1.807) is 0 Å². The van der Waals surface area contributed by atoms with Gasteiger partial charge in [0.2, 0.25) is 0 Å². The van der Waals surface area contributed by atoms with Crippen molar-refractivity contribution in [2.24, 2.45) is 5.41 Å². The van der Waals surface area contributed by atoms with Crippen LogP contribution in [-0.4, -0.2) is 26.8 Å². The average Bonchev–Trinajstić information content (AvgIpc) is 2.85. The summed E-state index contributed by atoms with van der Waals surface area (Å²) in [4.78, 5) is 0. The van der Waals surface area contributed by atoms with Gasteiger partial charge in [-0.2, -0.15) is 0 Å². The SMILES string of the molecule is CCCNCc1nnnn1C1CCC(C)(C)C1. The molecule has 0 amide bonds. The molecule has 5 heteroatoms. The molecule has 1 aromatic heterocycles. The van der Waals surface area contributed by atoms with Crippen molar-refractivity contribution >= 4 is 0 Å². The molecular weight excluding hydrogens is 214 g/mol. The minimum Gasteiger partial charge on any atom is -0.310 e. The Labute approximate surface area is 103 Å². The van der Waals surface area contributed by atoms with Crippen molar-refractivity contribution < 1.29 is 0 Å². The fourth-order valence-corrected chi connectivity index (χ4v) is 2.60. The highest BCUT2D eigenvalue weighted by molar-refractivity contribution is 4.90. The molecule has 1 atom stereocenters. The van der Waals surface area contributed by atoms with Gasteiger partial charge in [0.25, 0.3) is 0 Å². The second-order valence-electron chi connectivity index (χ2n) is 5.78. The van der Waals surface area contributed by atoms with Gasteiger partial charge in [-0.15, -0.1) is 5.10 Å². The van der Waals surface area contributed by atoms with E-state index in [-0.39, 0.29) is 0 Å². The third kappa shape index (κ3) is 3.03. The van der Waals surface area contributed by atoms with Crippen LogP contribution < -0.4 is 5.32 Å². The van der Waals surface area contributed by atoms with Gasteiger partial charge < -0.3 is 5.32 Å². The third-order valence-electron chi connectivity index (χ3n) is 3.56. The lowest BCUT2D eigenvalue weighted by Gasteiger charge is -2.17. The standard InChI is InChI=1S/C12H23N5/c1-4-7-13-9-11-14-15-16-17(11)10-5-6-12(2,3)8-10/h10,13H,4-9H2,1-3H3. The summed E-state index contributed by atoms with van der Waals surface area (Å²) in [6, 6.07) is 0.485. The van der Waals surface area contributed by atoms with Crippen molar-refractivity contribution in [1.29, 1.82) is 0 Å². The van der Waals surface area contributed by atoms with Crippen molar-refractivity contribution in [1.82, 2.24) is 25.5 Å². The molecule has 0 aromatic carbocycles. The minimum absolute atomic E-state index is 0.435. The third-order valence-corrected chi connectivity index (χ3v) is 3.56. The molecule has 0 aliphatic heterocycles. The van der Waals surface area contributed by atoms with E-state index in [1.165, 1.54) is 19.3 Å². The number of nitrogens with one attached hydrogen (secondary N) is 1. The molecule has 0 bridgehead atoms. The molecule has 1 N–H and O–H groups in total. The maximum Gasteiger partial charge on any atom is 0.165 e. The summed E-state index contributed by atoms with van der Waals surface area (Å²) < 4.78 is 2.03. The van der Waals surface area contributed by atoms with E-state index in [0.29, 0.717) is 11.5 Å². The number of hydrogen-bond donors (Lipinski definition) is 1. The molecule has 1 aliphatic rings. The van der Waals surface area contributed by atoms with E-state index < -0.39 is 0 Å². The quantitative estimate of drug-likeness (QED) is 0.795. The van der Waals surface area contributed by atoms with Gasteiger partial charge in [-0.1, -0.05) is 20.8 Å². The molecule has 1 unspecified atom stereocenters. The molecule has 96 valence electrons. The van der Waals surface area contributed by atoms with Crippen LogP contribution in [0.4, 0.5) is 0 Å². The van der Waals surface area contributed by atoms with Crippen LogP contribution in [0.1, 0.15) is 58.3 Å². The Hall–Kier alpha value is -0.970. The molecule has 5 nitrogen and oxygen atoms in total. The minimum atomic E-state index is 0.435. The summed E-state index contributed by atoms with van der Waals surface area (Å²) in [5.74, 6) is 0.973. The molecule has 0 radical (unpaired) electrons. The Balaban J connectivity index is 1.99. The Morgan fingerprint density at radius 3 is 2.94 bits per heavy atom. The van der Waals surface area contributed by atoms with Crippen LogP contribution in [0.3, 0.4) is 0 Å². The zero-order chi connectivity index (χ0) is 12.3. The molecule has 1 fully saturated rings. The second kappa shape index (κ2) is 5.12. The molecule has 2 rings (SSSR count). The van der Waals surface area contributed by atoms with Crippen LogP contribution >= 0.6 is 0 Å². The van der Waals surface area contributed by atoms with E-state index in [9.17, 15) is 0 Å². The first kappa shape index (κ1) is 12.5. The fraction of sp³-hybridized carbons (Fsp3) is 0.917. The lowest BCUT2D eigenvalue weighted by Crippen LogP contribution is -2.20. The monoisotopic (exact) mass is 237 g/mol. The number of rotatable bonds is 5. The second-order valence-corrected chi connectivity index (χ2v) is 5.78. The summed E-state index contributed by atoms with van der Waals surface area (Å²) in [6.45, 7) is 8.61. The number of nitrogens with zero attached hydrogens (tertiary/aromatic N) is 4. The highest BCUT2D eigenvalue weighted by Crippen LogP contribution is 2.43. The van der Waals surface area contributed by atoms with Crippen molar-refractivity contribution in [2.45, 2.75) is 59.0 Å². The van der Waals surface area contributed by atoms with E-state index in [1.807, 2.05) is 4.68 Å². The normalized spacial score (nSPS) is 23.1. The topological polar surface area (TPSA) is 55.6 Å². The molecule has 17 heavy (non-hydrogen) atoms. The van der Waals surface area contributed by atoms with Crippen molar-refractivity contribution in [2.75, 3.05) is 6.54 Å². The van der Waals surface area contributed by atoms with E-state index in [0.717, 1.165) is 25.3 Å². The Bertz CT molecular complexity index is 358. The first-order valence-corrected chi connectivity index (χ1v) is 6.60. The molecule has 0 spiro atoms. The first-order valence-electron chi connectivity index (χ1n) is 6.60.